The zero-order valence-electron chi connectivity index (χ0n) is 19.3. The molecule has 0 saturated carbocycles. The lowest BCUT2D eigenvalue weighted by atomic mass is 10.0. The van der Waals surface area contributed by atoms with Gasteiger partial charge in [-0.15, -0.1) is 0 Å². The average molecular weight is 432 g/mol. The number of nitrogens with one attached hydrogen (secondary N) is 2. The van der Waals surface area contributed by atoms with Crippen molar-refractivity contribution in [2.75, 3.05) is 39.1 Å². The highest BCUT2D eigenvalue weighted by Gasteiger charge is 2.20. The summed E-state index contributed by atoms with van der Waals surface area (Å²) in [6, 6.07) is 17.0. The van der Waals surface area contributed by atoms with Gasteiger partial charge in [-0.1, -0.05) is 24.3 Å². The molecule has 2 aromatic heterocycles. The molecule has 1 saturated heterocycles. The number of anilines is 1. The summed E-state index contributed by atoms with van der Waals surface area (Å²) < 4.78 is 0. The van der Waals surface area contributed by atoms with Gasteiger partial charge in [-0.05, 0) is 42.7 Å². The van der Waals surface area contributed by atoms with E-state index < -0.39 is 0 Å². The molecular weight excluding hydrogens is 398 g/mol. The fraction of sp³-hybridized carbons (Fsp3) is 0.400. The van der Waals surface area contributed by atoms with Crippen LogP contribution in [0.3, 0.4) is 0 Å². The highest BCUT2D eigenvalue weighted by Crippen LogP contribution is 2.22. The Morgan fingerprint density at radius 1 is 1.12 bits per heavy atom. The summed E-state index contributed by atoms with van der Waals surface area (Å²) >= 11 is 0. The highest BCUT2D eigenvalue weighted by atomic mass is 15.2. The molecule has 3 heterocycles. The number of aliphatic imine (C=N–C) groups is 1. The average Bonchev–Trinajstić information content (AvgIpc) is 2.83. The standard InChI is InChI=1S/C25H33N7/c1-26-25(29-20-11-14-32(15-12-20)18-21-8-6-7-13-27-21)28-17-19-16-24(31(2)3)30-23-10-5-4-9-22(19)23/h4-10,13,16,20H,11-12,14-15,17-18H2,1-3H3,(H2,26,28,29). The van der Waals surface area contributed by atoms with E-state index in [0.29, 0.717) is 12.6 Å². The van der Waals surface area contributed by atoms with E-state index in [-0.39, 0.29) is 0 Å². The van der Waals surface area contributed by atoms with Crippen molar-refractivity contribution >= 4 is 22.7 Å². The van der Waals surface area contributed by atoms with E-state index in [2.05, 4.69) is 61.9 Å². The first-order valence-corrected chi connectivity index (χ1v) is 11.3. The van der Waals surface area contributed by atoms with Crippen LogP contribution >= 0.6 is 0 Å². The molecule has 32 heavy (non-hydrogen) atoms. The van der Waals surface area contributed by atoms with Crippen molar-refractivity contribution in [1.82, 2.24) is 25.5 Å². The lowest BCUT2D eigenvalue weighted by Gasteiger charge is -2.32. The van der Waals surface area contributed by atoms with Crippen molar-refractivity contribution in [3.05, 3.63) is 66.0 Å². The van der Waals surface area contributed by atoms with Gasteiger partial charge >= 0.3 is 0 Å². The Kier molecular flexibility index (Phi) is 7.17. The summed E-state index contributed by atoms with van der Waals surface area (Å²) in [7, 11) is 5.88. The number of guanidine groups is 1. The monoisotopic (exact) mass is 431 g/mol. The van der Waals surface area contributed by atoms with E-state index in [1.54, 1.807) is 0 Å². The summed E-state index contributed by atoms with van der Waals surface area (Å²) in [6.45, 7) is 3.74. The molecule has 0 amide bonds. The van der Waals surface area contributed by atoms with Crippen LogP contribution in [0.1, 0.15) is 24.1 Å². The van der Waals surface area contributed by atoms with Crippen LogP contribution in [0.5, 0.6) is 0 Å². The molecule has 7 heteroatoms. The van der Waals surface area contributed by atoms with E-state index in [4.69, 9.17) is 4.98 Å². The first-order chi connectivity index (χ1) is 15.6. The topological polar surface area (TPSA) is 68.7 Å². The Hall–Kier alpha value is -3.19. The van der Waals surface area contributed by atoms with E-state index >= 15 is 0 Å². The number of hydrogen-bond acceptors (Lipinski definition) is 5. The van der Waals surface area contributed by atoms with Gasteiger partial charge in [0.1, 0.15) is 5.82 Å². The molecule has 0 aliphatic carbocycles. The summed E-state index contributed by atoms with van der Waals surface area (Å²) in [5.74, 6) is 1.81. The van der Waals surface area contributed by atoms with Crippen LogP contribution in [0.2, 0.25) is 0 Å². The van der Waals surface area contributed by atoms with E-state index in [0.717, 1.165) is 55.5 Å². The normalized spacial score (nSPS) is 15.7. The second kappa shape index (κ2) is 10.4. The smallest absolute Gasteiger partial charge is 0.191 e. The number of pyridine rings is 2. The molecule has 7 nitrogen and oxygen atoms in total. The number of likely N-dealkylation sites (tertiary alicyclic amines) is 1. The quantitative estimate of drug-likeness (QED) is 0.462. The molecule has 168 valence electrons. The third-order valence-corrected chi connectivity index (χ3v) is 5.96. The Morgan fingerprint density at radius 3 is 2.62 bits per heavy atom. The molecule has 1 aliphatic heterocycles. The Labute approximate surface area is 190 Å². The largest absolute Gasteiger partial charge is 0.363 e. The van der Waals surface area contributed by atoms with Gasteiger partial charge in [0.2, 0.25) is 0 Å². The maximum atomic E-state index is 4.76. The molecule has 0 bridgehead atoms. The predicted octanol–water partition coefficient (Wildman–Crippen LogP) is 3.03. The van der Waals surface area contributed by atoms with Crippen LogP contribution in [0.15, 0.2) is 59.7 Å². The molecule has 0 spiro atoms. The lowest BCUT2D eigenvalue weighted by molar-refractivity contribution is 0.196. The van der Waals surface area contributed by atoms with Crippen LogP contribution in [-0.2, 0) is 13.1 Å². The molecule has 3 aromatic rings. The van der Waals surface area contributed by atoms with Gasteiger partial charge < -0.3 is 15.5 Å². The minimum atomic E-state index is 0.424. The first-order valence-electron chi connectivity index (χ1n) is 11.3. The van der Waals surface area contributed by atoms with Crippen molar-refractivity contribution in [1.29, 1.82) is 0 Å². The predicted molar refractivity (Wildman–Crippen MR) is 132 cm³/mol. The van der Waals surface area contributed by atoms with Gasteiger partial charge in [-0.2, -0.15) is 0 Å². The molecule has 2 N–H and O–H groups in total. The summed E-state index contributed by atoms with van der Waals surface area (Å²) in [6.07, 6.45) is 4.06. The SMILES string of the molecule is CN=C(NCc1cc(N(C)C)nc2ccccc12)NC1CCN(Cc2ccccn2)CC1. The van der Waals surface area contributed by atoms with Crippen molar-refractivity contribution in [3.8, 4) is 0 Å². The summed E-state index contributed by atoms with van der Waals surface area (Å²) in [5.41, 5.74) is 3.37. The molecule has 1 aliphatic rings. The number of hydrogen-bond donors (Lipinski definition) is 2. The Balaban J connectivity index is 1.33. The first kappa shape index (κ1) is 22.0. The number of para-hydroxylation sites is 1. The van der Waals surface area contributed by atoms with Gasteiger partial charge in [-0.3, -0.25) is 14.9 Å². The number of nitrogens with zero attached hydrogens (tertiary/aromatic N) is 5. The fourth-order valence-corrected chi connectivity index (χ4v) is 4.13. The molecule has 0 atom stereocenters. The van der Waals surface area contributed by atoms with Crippen molar-refractivity contribution in [2.45, 2.75) is 32.0 Å². The molecule has 0 radical (unpaired) electrons. The van der Waals surface area contributed by atoms with Gasteiger partial charge in [0.25, 0.3) is 0 Å². The van der Waals surface area contributed by atoms with E-state index in [1.807, 2.05) is 44.4 Å². The molecule has 1 fully saturated rings. The van der Waals surface area contributed by atoms with Crippen LogP contribution in [0.4, 0.5) is 5.82 Å². The Bertz CT molecular complexity index is 1040. The Morgan fingerprint density at radius 2 is 1.91 bits per heavy atom. The van der Waals surface area contributed by atoms with Crippen LogP contribution in [-0.4, -0.2) is 61.1 Å². The fourth-order valence-electron chi connectivity index (χ4n) is 4.13. The maximum Gasteiger partial charge on any atom is 0.191 e. The lowest BCUT2D eigenvalue weighted by Crippen LogP contribution is -2.48. The van der Waals surface area contributed by atoms with Crippen LogP contribution < -0.4 is 15.5 Å². The maximum absolute atomic E-state index is 4.76. The third kappa shape index (κ3) is 5.53. The summed E-state index contributed by atoms with van der Waals surface area (Å²) in [4.78, 5) is 18.2. The second-order valence-corrected chi connectivity index (χ2v) is 8.49. The second-order valence-electron chi connectivity index (χ2n) is 8.49. The summed E-state index contributed by atoms with van der Waals surface area (Å²) in [5, 5.41) is 8.30. The van der Waals surface area contributed by atoms with Crippen LogP contribution in [0, 0.1) is 0 Å². The van der Waals surface area contributed by atoms with Gasteiger partial charge in [0, 0.05) is 64.9 Å². The number of aromatic nitrogens is 2. The molecule has 4 rings (SSSR count). The molecule has 0 unspecified atom stereocenters. The minimum absolute atomic E-state index is 0.424. The zero-order valence-corrected chi connectivity index (χ0v) is 19.3. The van der Waals surface area contributed by atoms with Crippen LogP contribution in [0.25, 0.3) is 10.9 Å². The van der Waals surface area contributed by atoms with Crippen molar-refractivity contribution in [2.24, 2.45) is 4.99 Å². The number of piperidine rings is 1. The number of fused-ring (bicyclic) bond motifs is 1. The van der Waals surface area contributed by atoms with E-state index in [1.165, 1.54) is 10.9 Å². The molecular formula is C25H33N7. The molecule has 1 aromatic carbocycles. The third-order valence-electron chi connectivity index (χ3n) is 5.96. The zero-order chi connectivity index (χ0) is 22.3. The van der Waals surface area contributed by atoms with Gasteiger partial charge in [0.05, 0.1) is 11.2 Å². The van der Waals surface area contributed by atoms with Crippen molar-refractivity contribution in [3.63, 3.8) is 0 Å². The van der Waals surface area contributed by atoms with Gasteiger partial charge in [-0.25, -0.2) is 4.98 Å². The van der Waals surface area contributed by atoms with E-state index in [9.17, 15) is 0 Å². The highest BCUT2D eigenvalue weighted by molar-refractivity contribution is 5.85. The number of rotatable bonds is 6. The van der Waals surface area contributed by atoms with Gasteiger partial charge in [0.15, 0.2) is 5.96 Å². The van der Waals surface area contributed by atoms with Crippen molar-refractivity contribution < 1.29 is 0 Å². The minimum Gasteiger partial charge on any atom is -0.363 e. The number of benzene rings is 1.